The summed E-state index contributed by atoms with van der Waals surface area (Å²) in [6, 6.07) is 17.0. The molecule has 1 aliphatic carbocycles. The third kappa shape index (κ3) is 4.54. The molecule has 1 aliphatic heterocycles. The predicted octanol–water partition coefficient (Wildman–Crippen LogP) is 3.48. The monoisotopic (exact) mass is 391 g/mol. The largest absolute Gasteiger partial charge is 0.351 e. The summed E-state index contributed by atoms with van der Waals surface area (Å²) >= 11 is 0. The average Bonchev–Trinajstić information content (AvgIpc) is 3.56. The van der Waals surface area contributed by atoms with Crippen LogP contribution in [0, 0.1) is 6.92 Å². The predicted molar refractivity (Wildman–Crippen MR) is 118 cm³/mol. The molecule has 154 valence electrons. The fraction of sp³-hybridized carbons (Fsp3) is 0.480. The van der Waals surface area contributed by atoms with Gasteiger partial charge in [0.05, 0.1) is 5.41 Å². The maximum atomic E-state index is 13.1. The van der Waals surface area contributed by atoms with Gasteiger partial charge in [0.1, 0.15) is 0 Å². The standard InChI is InChI=1S/C25H33N3O/c1-3-27-13-15-28(16-14-27)19-22-9-5-4-8-21(22)18-26-24(29)25(11-12-25)23-10-6-7-20(2)17-23/h4-10,17H,3,11-16,18-19H2,1-2H3,(H,26,29). The first-order chi connectivity index (χ1) is 14.1. The molecule has 1 N–H and O–H groups in total. The number of nitrogens with one attached hydrogen (secondary N) is 1. The van der Waals surface area contributed by atoms with E-state index in [9.17, 15) is 4.79 Å². The molecule has 0 bridgehead atoms. The van der Waals surface area contributed by atoms with Crippen molar-refractivity contribution in [2.75, 3.05) is 32.7 Å². The van der Waals surface area contributed by atoms with Crippen molar-refractivity contribution in [3.63, 3.8) is 0 Å². The Bertz CT molecular complexity index is 851. The number of rotatable bonds is 7. The first-order valence-corrected chi connectivity index (χ1v) is 11.0. The van der Waals surface area contributed by atoms with Gasteiger partial charge in [-0.3, -0.25) is 9.69 Å². The quantitative estimate of drug-likeness (QED) is 0.785. The molecule has 2 aliphatic rings. The highest BCUT2D eigenvalue weighted by molar-refractivity contribution is 5.91. The van der Waals surface area contributed by atoms with Crippen LogP contribution in [-0.4, -0.2) is 48.4 Å². The minimum atomic E-state index is -0.308. The van der Waals surface area contributed by atoms with Crippen molar-refractivity contribution in [3.8, 4) is 0 Å². The van der Waals surface area contributed by atoms with Gasteiger partial charge in [0.15, 0.2) is 0 Å². The van der Waals surface area contributed by atoms with E-state index in [0.717, 1.165) is 57.7 Å². The van der Waals surface area contributed by atoms with E-state index in [1.54, 1.807) is 0 Å². The summed E-state index contributed by atoms with van der Waals surface area (Å²) in [5.41, 5.74) is 4.64. The van der Waals surface area contributed by atoms with Crippen molar-refractivity contribution in [1.82, 2.24) is 15.1 Å². The van der Waals surface area contributed by atoms with Crippen LogP contribution in [0.2, 0.25) is 0 Å². The summed E-state index contributed by atoms with van der Waals surface area (Å²) in [7, 11) is 0. The number of hydrogen-bond acceptors (Lipinski definition) is 3. The molecule has 1 amide bonds. The molecule has 0 spiro atoms. The number of hydrogen-bond donors (Lipinski definition) is 1. The lowest BCUT2D eigenvalue weighted by molar-refractivity contribution is -0.123. The van der Waals surface area contributed by atoms with Crippen LogP contribution in [0.1, 0.15) is 42.0 Å². The lowest BCUT2D eigenvalue weighted by Crippen LogP contribution is -2.45. The normalized spacial score (nSPS) is 19.1. The highest BCUT2D eigenvalue weighted by Crippen LogP contribution is 2.48. The minimum absolute atomic E-state index is 0.175. The molecule has 0 atom stereocenters. The minimum Gasteiger partial charge on any atom is -0.351 e. The van der Waals surface area contributed by atoms with Crippen LogP contribution in [0.25, 0.3) is 0 Å². The molecule has 1 saturated carbocycles. The van der Waals surface area contributed by atoms with Gasteiger partial charge in [0.25, 0.3) is 0 Å². The van der Waals surface area contributed by atoms with Gasteiger partial charge in [0.2, 0.25) is 5.91 Å². The Hall–Kier alpha value is -2.17. The molecule has 4 nitrogen and oxygen atoms in total. The third-order valence-corrected chi connectivity index (χ3v) is 6.62. The van der Waals surface area contributed by atoms with E-state index in [0.29, 0.717) is 6.54 Å². The van der Waals surface area contributed by atoms with Gasteiger partial charge in [-0.25, -0.2) is 0 Å². The van der Waals surface area contributed by atoms with E-state index in [1.165, 1.54) is 16.7 Å². The second-order valence-electron chi connectivity index (χ2n) is 8.61. The van der Waals surface area contributed by atoms with Crippen molar-refractivity contribution >= 4 is 5.91 Å². The average molecular weight is 392 g/mol. The molecule has 0 aromatic heterocycles. The molecule has 0 radical (unpaired) electrons. The third-order valence-electron chi connectivity index (χ3n) is 6.62. The second kappa shape index (κ2) is 8.68. The number of piperazine rings is 1. The van der Waals surface area contributed by atoms with Gasteiger partial charge in [-0.05, 0) is 43.0 Å². The van der Waals surface area contributed by atoms with Gasteiger partial charge in [0, 0.05) is 39.3 Å². The Morgan fingerprint density at radius 3 is 2.31 bits per heavy atom. The number of aryl methyl sites for hydroxylation is 1. The fourth-order valence-electron chi connectivity index (χ4n) is 4.45. The van der Waals surface area contributed by atoms with Crippen LogP contribution < -0.4 is 5.32 Å². The number of amides is 1. The first kappa shape index (κ1) is 20.1. The van der Waals surface area contributed by atoms with Crippen molar-refractivity contribution in [2.24, 2.45) is 0 Å². The Labute approximate surface area is 174 Å². The van der Waals surface area contributed by atoms with E-state index >= 15 is 0 Å². The van der Waals surface area contributed by atoms with Gasteiger partial charge in [-0.2, -0.15) is 0 Å². The summed E-state index contributed by atoms with van der Waals surface area (Å²) in [4.78, 5) is 18.1. The lowest BCUT2D eigenvalue weighted by atomic mass is 9.93. The van der Waals surface area contributed by atoms with Crippen LogP contribution in [0.5, 0.6) is 0 Å². The van der Waals surface area contributed by atoms with Crippen molar-refractivity contribution < 1.29 is 4.79 Å². The zero-order chi connectivity index (χ0) is 20.3. The summed E-state index contributed by atoms with van der Waals surface area (Å²) in [6.07, 6.45) is 1.90. The molecule has 4 rings (SSSR count). The number of nitrogens with zero attached hydrogens (tertiary/aromatic N) is 2. The van der Waals surface area contributed by atoms with E-state index in [-0.39, 0.29) is 11.3 Å². The number of benzene rings is 2. The molecule has 4 heteroatoms. The Balaban J connectivity index is 1.38. The maximum Gasteiger partial charge on any atom is 0.230 e. The van der Waals surface area contributed by atoms with Gasteiger partial charge >= 0.3 is 0 Å². The topological polar surface area (TPSA) is 35.6 Å². The van der Waals surface area contributed by atoms with Crippen molar-refractivity contribution in [2.45, 2.75) is 45.2 Å². The molecule has 1 heterocycles. The highest BCUT2D eigenvalue weighted by Gasteiger charge is 2.51. The van der Waals surface area contributed by atoms with E-state index in [4.69, 9.17) is 0 Å². The van der Waals surface area contributed by atoms with Crippen LogP contribution in [-0.2, 0) is 23.3 Å². The Morgan fingerprint density at radius 2 is 1.66 bits per heavy atom. The zero-order valence-corrected chi connectivity index (χ0v) is 17.8. The summed E-state index contributed by atoms with van der Waals surface area (Å²) in [5.74, 6) is 0.175. The molecular formula is C25H33N3O. The molecule has 2 aromatic rings. The van der Waals surface area contributed by atoms with E-state index in [1.807, 2.05) is 0 Å². The van der Waals surface area contributed by atoms with Gasteiger partial charge in [-0.1, -0.05) is 61.0 Å². The first-order valence-electron chi connectivity index (χ1n) is 11.0. The van der Waals surface area contributed by atoms with Gasteiger partial charge in [-0.15, -0.1) is 0 Å². The van der Waals surface area contributed by atoms with Crippen LogP contribution in [0.15, 0.2) is 48.5 Å². The Morgan fingerprint density at radius 1 is 0.966 bits per heavy atom. The van der Waals surface area contributed by atoms with Crippen LogP contribution >= 0.6 is 0 Å². The summed E-state index contributed by atoms with van der Waals surface area (Å²) in [6.45, 7) is 11.6. The molecule has 2 fully saturated rings. The molecular weight excluding hydrogens is 358 g/mol. The molecule has 0 unspecified atom stereocenters. The van der Waals surface area contributed by atoms with E-state index in [2.05, 4.69) is 77.5 Å². The van der Waals surface area contributed by atoms with Crippen LogP contribution in [0.4, 0.5) is 0 Å². The highest BCUT2D eigenvalue weighted by atomic mass is 16.2. The summed E-state index contributed by atoms with van der Waals surface area (Å²) < 4.78 is 0. The molecule has 2 aromatic carbocycles. The number of carbonyl (C=O) groups excluding carboxylic acids is 1. The van der Waals surface area contributed by atoms with Crippen molar-refractivity contribution in [3.05, 3.63) is 70.8 Å². The van der Waals surface area contributed by atoms with E-state index < -0.39 is 0 Å². The molecule has 29 heavy (non-hydrogen) atoms. The smallest absolute Gasteiger partial charge is 0.230 e. The van der Waals surface area contributed by atoms with Crippen LogP contribution in [0.3, 0.4) is 0 Å². The Kier molecular flexibility index (Phi) is 6.02. The SMILES string of the molecule is CCN1CCN(Cc2ccccc2CNC(=O)C2(c3cccc(C)c3)CC2)CC1. The summed E-state index contributed by atoms with van der Waals surface area (Å²) in [5, 5.41) is 3.25. The maximum absolute atomic E-state index is 13.1. The number of carbonyl (C=O) groups is 1. The second-order valence-corrected chi connectivity index (χ2v) is 8.61. The zero-order valence-electron chi connectivity index (χ0n) is 17.8. The number of likely N-dealkylation sites (N-methyl/N-ethyl adjacent to an activating group) is 1. The fourth-order valence-corrected chi connectivity index (χ4v) is 4.45. The lowest BCUT2D eigenvalue weighted by Gasteiger charge is -2.34. The molecule has 1 saturated heterocycles. The van der Waals surface area contributed by atoms with Gasteiger partial charge < -0.3 is 10.2 Å². The van der Waals surface area contributed by atoms with Crippen molar-refractivity contribution in [1.29, 1.82) is 0 Å².